The highest BCUT2D eigenvalue weighted by atomic mass is 35.5. The number of halogens is 3. The summed E-state index contributed by atoms with van der Waals surface area (Å²) < 4.78 is 38.0. The number of hydrogen-bond donors (Lipinski definition) is 1. The van der Waals surface area contributed by atoms with Crippen molar-refractivity contribution in [1.82, 2.24) is 4.31 Å². The van der Waals surface area contributed by atoms with E-state index >= 15 is 0 Å². The molecule has 0 fully saturated rings. The molecule has 0 bridgehead atoms. The van der Waals surface area contributed by atoms with Crippen LogP contribution in [0.5, 0.6) is 0 Å². The topological polar surface area (TPSA) is 74.7 Å². The molecule has 0 spiro atoms. The molecule has 1 aromatic carbocycles. The van der Waals surface area contributed by atoms with Crippen LogP contribution in [0.1, 0.15) is 6.92 Å². The molecule has 0 aliphatic rings. The van der Waals surface area contributed by atoms with Crippen molar-refractivity contribution in [2.75, 3.05) is 7.05 Å². The smallest absolute Gasteiger partial charge is 0.321 e. The Hall–Kier alpha value is -0.890. The number of sulfonamides is 1. The van der Waals surface area contributed by atoms with Gasteiger partial charge in [-0.2, -0.15) is 4.31 Å². The van der Waals surface area contributed by atoms with Crippen molar-refractivity contribution < 1.29 is 22.7 Å². The van der Waals surface area contributed by atoms with E-state index in [-0.39, 0.29) is 0 Å². The molecule has 0 saturated heterocycles. The van der Waals surface area contributed by atoms with Gasteiger partial charge in [-0.25, -0.2) is 12.8 Å². The fourth-order valence-electron chi connectivity index (χ4n) is 1.28. The minimum absolute atomic E-state index is 0.408. The molecular formula is C10H10Cl2FNO4S. The Morgan fingerprint density at radius 3 is 2.16 bits per heavy atom. The van der Waals surface area contributed by atoms with Crippen molar-refractivity contribution in [1.29, 1.82) is 0 Å². The molecule has 106 valence electrons. The molecule has 1 N–H and O–H groups in total. The molecule has 0 aliphatic heterocycles. The quantitative estimate of drug-likeness (QED) is 0.919. The number of benzene rings is 1. The van der Waals surface area contributed by atoms with Crippen molar-refractivity contribution in [2.24, 2.45) is 0 Å². The van der Waals surface area contributed by atoms with Crippen LogP contribution in [0.3, 0.4) is 0 Å². The zero-order valence-corrected chi connectivity index (χ0v) is 12.2. The predicted molar refractivity (Wildman–Crippen MR) is 68.5 cm³/mol. The van der Waals surface area contributed by atoms with Gasteiger partial charge in [0.1, 0.15) is 16.8 Å². The van der Waals surface area contributed by atoms with Crippen LogP contribution in [0.15, 0.2) is 17.0 Å². The number of hydrogen-bond acceptors (Lipinski definition) is 3. The minimum Gasteiger partial charge on any atom is -0.480 e. The second-order valence-corrected chi connectivity index (χ2v) is 6.48. The first kappa shape index (κ1) is 16.2. The number of likely N-dealkylation sites (N-methyl/N-ethyl adjacent to an activating group) is 1. The molecule has 0 aliphatic carbocycles. The number of nitrogens with zero attached hydrogens (tertiary/aromatic N) is 1. The lowest BCUT2D eigenvalue weighted by Crippen LogP contribution is -2.40. The Labute approximate surface area is 119 Å². The van der Waals surface area contributed by atoms with Gasteiger partial charge in [-0.15, -0.1) is 0 Å². The van der Waals surface area contributed by atoms with Crippen molar-refractivity contribution in [3.05, 3.63) is 28.0 Å². The van der Waals surface area contributed by atoms with E-state index in [0.717, 1.165) is 19.2 Å². The summed E-state index contributed by atoms with van der Waals surface area (Å²) in [5, 5.41) is 8.00. The first-order valence-corrected chi connectivity index (χ1v) is 7.14. The SMILES string of the molecule is CC(C(=O)O)N(C)S(=O)(=O)c1c(Cl)cc(F)cc1Cl. The van der Waals surface area contributed by atoms with Gasteiger partial charge in [-0.05, 0) is 19.1 Å². The Morgan fingerprint density at radius 1 is 1.37 bits per heavy atom. The number of carboxylic acid groups (broad SMARTS) is 1. The number of carbonyl (C=O) groups is 1. The first-order chi connectivity index (χ1) is 8.59. The largest absolute Gasteiger partial charge is 0.480 e. The number of aliphatic carboxylic acids is 1. The summed E-state index contributed by atoms with van der Waals surface area (Å²) >= 11 is 11.3. The molecule has 1 atom stereocenters. The van der Waals surface area contributed by atoms with Gasteiger partial charge in [-0.1, -0.05) is 23.2 Å². The Kier molecular flexibility index (Phi) is 4.78. The zero-order chi connectivity index (χ0) is 15.0. The van der Waals surface area contributed by atoms with E-state index in [1.807, 2.05) is 0 Å². The van der Waals surface area contributed by atoms with Crippen LogP contribution >= 0.6 is 23.2 Å². The molecule has 1 rings (SSSR count). The van der Waals surface area contributed by atoms with Gasteiger partial charge in [0.25, 0.3) is 0 Å². The van der Waals surface area contributed by atoms with Crippen molar-refractivity contribution in [2.45, 2.75) is 17.9 Å². The third-order valence-electron chi connectivity index (χ3n) is 2.50. The van der Waals surface area contributed by atoms with Crippen LogP contribution in [-0.2, 0) is 14.8 Å². The van der Waals surface area contributed by atoms with E-state index in [4.69, 9.17) is 28.3 Å². The van der Waals surface area contributed by atoms with E-state index in [1.54, 1.807) is 0 Å². The van der Waals surface area contributed by atoms with Gasteiger partial charge in [-0.3, -0.25) is 4.79 Å². The fourth-order valence-corrected chi connectivity index (χ4v) is 3.73. The van der Waals surface area contributed by atoms with Crippen LogP contribution in [-0.4, -0.2) is 36.9 Å². The highest BCUT2D eigenvalue weighted by Gasteiger charge is 2.33. The highest BCUT2D eigenvalue weighted by Crippen LogP contribution is 2.32. The normalized spacial score (nSPS) is 13.6. The summed E-state index contributed by atoms with van der Waals surface area (Å²) in [6, 6.07) is 0.265. The lowest BCUT2D eigenvalue weighted by Gasteiger charge is -2.22. The summed E-state index contributed by atoms with van der Waals surface area (Å²) in [5.74, 6) is -2.12. The molecule has 9 heteroatoms. The number of rotatable bonds is 4. The van der Waals surface area contributed by atoms with Crippen molar-refractivity contribution >= 4 is 39.2 Å². The van der Waals surface area contributed by atoms with Gasteiger partial charge in [0, 0.05) is 7.05 Å². The third-order valence-corrected chi connectivity index (χ3v) is 5.35. The summed E-state index contributed by atoms with van der Waals surface area (Å²) in [7, 11) is -3.17. The average molecular weight is 330 g/mol. The lowest BCUT2D eigenvalue weighted by atomic mass is 10.3. The second-order valence-electron chi connectivity index (χ2n) is 3.73. The third kappa shape index (κ3) is 3.17. The lowest BCUT2D eigenvalue weighted by molar-refractivity contribution is -0.140. The molecule has 1 aromatic rings. The maximum absolute atomic E-state index is 13.0. The van der Waals surface area contributed by atoms with Crippen molar-refractivity contribution in [3.8, 4) is 0 Å². The van der Waals surface area contributed by atoms with Crippen LogP contribution in [0, 0.1) is 5.82 Å². The van der Waals surface area contributed by atoms with E-state index in [1.165, 1.54) is 6.92 Å². The Morgan fingerprint density at radius 2 is 1.79 bits per heavy atom. The molecule has 0 saturated carbocycles. The molecule has 0 heterocycles. The minimum atomic E-state index is -4.24. The van der Waals surface area contributed by atoms with Crippen LogP contribution < -0.4 is 0 Å². The monoisotopic (exact) mass is 329 g/mol. The average Bonchev–Trinajstić information content (AvgIpc) is 2.24. The summed E-state index contributed by atoms with van der Waals surface area (Å²) in [6.07, 6.45) is 0. The zero-order valence-electron chi connectivity index (χ0n) is 9.89. The molecule has 0 amide bonds. The van der Waals surface area contributed by atoms with E-state index in [9.17, 15) is 17.6 Å². The predicted octanol–water partition coefficient (Wildman–Crippen LogP) is 2.23. The standard InChI is InChI=1S/C10H10Cl2FNO4S/c1-5(10(15)16)14(2)19(17,18)9-7(11)3-6(13)4-8(9)12/h3-5H,1-2H3,(H,15,16). The van der Waals surface area contributed by atoms with Crippen LogP contribution in [0.25, 0.3) is 0 Å². The summed E-state index contributed by atoms with van der Waals surface area (Å²) in [6.45, 7) is 1.19. The van der Waals surface area contributed by atoms with Crippen LogP contribution in [0.2, 0.25) is 10.0 Å². The maximum atomic E-state index is 13.0. The van der Waals surface area contributed by atoms with Crippen LogP contribution in [0.4, 0.5) is 4.39 Å². The summed E-state index contributed by atoms with van der Waals surface area (Å²) in [4.78, 5) is 10.3. The van der Waals surface area contributed by atoms with Gasteiger partial charge in [0.2, 0.25) is 10.0 Å². The van der Waals surface area contributed by atoms with Crippen molar-refractivity contribution in [3.63, 3.8) is 0 Å². The van der Waals surface area contributed by atoms with Gasteiger partial charge in [0.05, 0.1) is 10.0 Å². The Bertz CT molecular complexity index is 597. The summed E-state index contributed by atoms with van der Waals surface area (Å²) in [5.41, 5.74) is 0. The molecular weight excluding hydrogens is 320 g/mol. The van der Waals surface area contributed by atoms with E-state index in [2.05, 4.69) is 0 Å². The van der Waals surface area contributed by atoms with E-state index in [0.29, 0.717) is 4.31 Å². The second kappa shape index (κ2) is 5.62. The number of carboxylic acids is 1. The molecule has 0 radical (unpaired) electrons. The Balaban J connectivity index is 3.40. The highest BCUT2D eigenvalue weighted by molar-refractivity contribution is 7.89. The molecule has 1 unspecified atom stereocenters. The molecule has 0 aromatic heterocycles. The molecule has 5 nitrogen and oxygen atoms in total. The fraction of sp³-hybridized carbons (Fsp3) is 0.300. The van der Waals surface area contributed by atoms with Gasteiger partial charge < -0.3 is 5.11 Å². The molecule has 19 heavy (non-hydrogen) atoms. The van der Waals surface area contributed by atoms with E-state index < -0.39 is 42.8 Å². The van der Waals surface area contributed by atoms with Gasteiger partial charge in [0.15, 0.2) is 0 Å². The maximum Gasteiger partial charge on any atom is 0.321 e. The van der Waals surface area contributed by atoms with Gasteiger partial charge >= 0.3 is 5.97 Å². The first-order valence-electron chi connectivity index (χ1n) is 4.94.